The number of ketones is 2. The average Bonchev–Trinajstić information content (AvgIpc) is 3.26. The van der Waals surface area contributed by atoms with Gasteiger partial charge in [0, 0.05) is 0 Å². The Hall–Kier alpha value is -1.18. The molecule has 1 aliphatic rings. The summed E-state index contributed by atoms with van der Waals surface area (Å²) < 4.78 is 7.29. The van der Waals surface area contributed by atoms with Gasteiger partial charge in [-0.2, -0.15) is 0 Å². The third kappa shape index (κ3) is 2.06. The number of rotatable bonds is 1. The molecule has 0 radical (unpaired) electrons. The molecule has 0 saturated heterocycles. The van der Waals surface area contributed by atoms with Crippen LogP contribution in [0.15, 0.2) is 46.9 Å². The van der Waals surface area contributed by atoms with E-state index >= 15 is 0 Å². The molecule has 0 atom stereocenters. The normalized spacial score (nSPS) is 14.2. The molecular weight excluding hydrogens is 485 g/mol. The summed E-state index contributed by atoms with van der Waals surface area (Å²) in [4.78, 5) is 27.3. The summed E-state index contributed by atoms with van der Waals surface area (Å²) in [6.45, 7) is 0. The van der Waals surface area contributed by atoms with E-state index in [0.717, 1.165) is 0 Å². The molecule has 5 rings (SSSR count). The van der Waals surface area contributed by atoms with Crippen molar-refractivity contribution in [3.8, 4) is 0 Å². The summed E-state index contributed by atoms with van der Waals surface area (Å²) in [6, 6.07) is 11.6. The Balaban J connectivity index is 1.65. The third-order valence-electron chi connectivity index (χ3n) is 3.96. The van der Waals surface area contributed by atoms with Crippen molar-refractivity contribution in [1.29, 1.82) is 0 Å². The predicted octanol–water partition coefficient (Wildman–Crippen LogP) is 2.63. The number of carbonyl (C=O) groups is 2. The van der Waals surface area contributed by atoms with E-state index < -0.39 is 0 Å². The first-order valence-electron chi connectivity index (χ1n) is 7.02. The number of Topliss-reactive ketones (excluding diaryl/α,β-unsaturated/α-hetero) is 2. The van der Waals surface area contributed by atoms with E-state index in [9.17, 15) is 9.59 Å². The van der Waals surface area contributed by atoms with Crippen LogP contribution in [0.3, 0.4) is 0 Å². The van der Waals surface area contributed by atoms with Gasteiger partial charge in [0.2, 0.25) is 0 Å². The fraction of sp³-hybridized carbons (Fsp3) is 0. The second kappa shape index (κ2) is 5.16. The molecule has 4 aromatic rings. The standard InChI is InChI=1S/C18H8O2Se3/c19-15-10-3-1-2-4-11(10)16(20)12(15)7-9-8-14-18(22-9)17-13(23-14)5-6-21-17/h1-8H. The molecule has 0 unspecified atom stereocenters. The van der Waals surface area contributed by atoms with E-state index in [0.29, 0.717) is 45.7 Å². The van der Waals surface area contributed by atoms with Crippen molar-refractivity contribution in [1.82, 2.24) is 0 Å². The van der Waals surface area contributed by atoms with Crippen LogP contribution < -0.4 is 0 Å². The number of hydrogen-bond donors (Lipinski definition) is 0. The van der Waals surface area contributed by atoms with Crippen molar-refractivity contribution >= 4 is 78.2 Å². The maximum atomic E-state index is 12.5. The van der Waals surface area contributed by atoms with Crippen LogP contribution in [0.25, 0.3) is 23.1 Å². The van der Waals surface area contributed by atoms with Crippen LogP contribution in [-0.4, -0.2) is 55.1 Å². The predicted molar refractivity (Wildman–Crippen MR) is 95.4 cm³/mol. The van der Waals surface area contributed by atoms with E-state index in [1.165, 1.54) is 13.0 Å². The maximum absolute atomic E-state index is 12.5. The first-order valence-corrected chi connectivity index (χ1v) is 12.3. The van der Waals surface area contributed by atoms with Crippen LogP contribution in [0.4, 0.5) is 0 Å². The van der Waals surface area contributed by atoms with Crippen molar-refractivity contribution in [2.75, 3.05) is 0 Å². The number of benzene rings is 1. The van der Waals surface area contributed by atoms with E-state index in [-0.39, 0.29) is 26.1 Å². The number of fused-ring (bicyclic) bond motifs is 4. The molecule has 3 aromatic heterocycles. The molecule has 1 aliphatic carbocycles. The molecule has 1 aromatic carbocycles. The SMILES string of the molecule is O=C1C(=Cc2cc3[se]c4cc[se]c4c3[se]2)C(=O)c2ccccc21. The zero-order valence-corrected chi connectivity index (χ0v) is 16.8. The van der Waals surface area contributed by atoms with Gasteiger partial charge < -0.3 is 0 Å². The van der Waals surface area contributed by atoms with Crippen LogP contribution in [0, 0.1) is 0 Å². The van der Waals surface area contributed by atoms with Gasteiger partial charge in [-0.05, 0) is 0 Å². The summed E-state index contributed by atoms with van der Waals surface area (Å²) >= 11 is 1.15. The van der Waals surface area contributed by atoms with Crippen molar-refractivity contribution in [2.24, 2.45) is 0 Å². The second-order valence-electron chi connectivity index (χ2n) is 5.32. The Kier molecular flexibility index (Phi) is 3.18. The summed E-state index contributed by atoms with van der Waals surface area (Å²) in [7, 11) is 0. The van der Waals surface area contributed by atoms with E-state index in [1.54, 1.807) is 20.7 Å². The van der Waals surface area contributed by atoms with E-state index in [2.05, 4.69) is 17.1 Å². The van der Waals surface area contributed by atoms with Crippen molar-refractivity contribution < 1.29 is 9.59 Å². The van der Waals surface area contributed by atoms with Gasteiger partial charge in [0.1, 0.15) is 0 Å². The number of allylic oxidation sites excluding steroid dienone is 1. The zero-order chi connectivity index (χ0) is 15.6. The monoisotopic (exact) mass is 496 g/mol. The Labute approximate surface area is 149 Å². The Morgan fingerprint density at radius 1 is 0.826 bits per heavy atom. The average molecular weight is 493 g/mol. The van der Waals surface area contributed by atoms with Gasteiger partial charge in [-0.15, -0.1) is 0 Å². The van der Waals surface area contributed by atoms with Gasteiger partial charge >= 0.3 is 150 Å². The molecule has 23 heavy (non-hydrogen) atoms. The molecule has 0 spiro atoms. The summed E-state index contributed by atoms with van der Waals surface area (Å²) in [6.07, 6.45) is 1.86. The topological polar surface area (TPSA) is 34.1 Å². The fourth-order valence-corrected chi connectivity index (χ4v) is 12.8. The van der Waals surface area contributed by atoms with Crippen LogP contribution in [0.5, 0.6) is 0 Å². The molecule has 0 N–H and O–H groups in total. The molecule has 0 bridgehead atoms. The third-order valence-corrected chi connectivity index (χ3v) is 12.5. The Bertz CT molecular complexity index is 1120. The number of hydrogen-bond acceptors (Lipinski definition) is 2. The van der Waals surface area contributed by atoms with Gasteiger partial charge in [-0.3, -0.25) is 0 Å². The molecule has 0 saturated carbocycles. The summed E-state index contributed by atoms with van der Waals surface area (Å²) in [5.74, 6) is -0.238. The fourth-order valence-electron chi connectivity index (χ4n) is 2.91. The first kappa shape index (κ1) is 14.2. The van der Waals surface area contributed by atoms with Gasteiger partial charge in [0.05, 0.1) is 0 Å². The van der Waals surface area contributed by atoms with Crippen LogP contribution in [-0.2, 0) is 0 Å². The van der Waals surface area contributed by atoms with Gasteiger partial charge in [0.25, 0.3) is 0 Å². The molecule has 2 nitrogen and oxygen atoms in total. The van der Waals surface area contributed by atoms with Crippen molar-refractivity contribution in [2.45, 2.75) is 0 Å². The van der Waals surface area contributed by atoms with Crippen molar-refractivity contribution in [3.63, 3.8) is 0 Å². The summed E-state index contributed by atoms with van der Waals surface area (Å²) in [5, 5.41) is 0. The van der Waals surface area contributed by atoms with Crippen molar-refractivity contribution in [3.05, 3.63) is 62.5 Å². The van der Waals surface area contributed by atoms with Gasteiger partial charge in [-0.25, -0.2) is 0 Å². The molecule has 5 heteroatoms. The van der Waals surface area contributed by atoms with Gasteiger partial charge in [-0.1, -0.05) is 0 Å². The second-order valence-corrected chi connectivity index (χ2v) is 11.8. The Morgan fingerprint density at radius 3 is 2.30 bits per heavy atom. The molecular formula is C18H8O2Se3. The van der Waals surface area contributed by atoms with Gasteiger partial charge in [0.15, 0.2) is 0 Å². The molecule has 0 amide bonds. The minimum atomic E-state index is -0.119. The molecule has 110 valence electrons. The first-order chi connectivity index (χ1) is 11.2. The van der Waals surface area contributed by atoms with E-state index in [1.807, 2.05) is 18.2 Å². The number of carbonyl (C=O) groups excluding carboxylic acids is 2. The molecule has 0 fully saturated rings. The summed E-state index contributed by atoms with van der Waals surface area (Å²) in [5.41, 5.74) is 1.44. The minimum absolute atomic E-state index is 0.119. The molecule has 3 heterocycles. The van der Waals surface area contributed by atoms with E-state index in [4.69, 9.17) is 0 Å². The quantitative estimate of drug-likeness (QED) is 0.232. The van der Waals surface area contributed by atoms with Crippen LogP contribution in [0.1, 0.15) is 25.2 Å². The van der Waals surface area contributed by atoms with Crippen LogP contribution in [0.2, 0.25) is 0 Å². The Morgan fingerprint density at radius 2 is 1.57 bits per heavy atom. The van der Waals surface area contributed by atoms with Crippen LogP contribution >= 0.6 is 0 Å². The zero-order valence-electron chi connectivity index (χ0n) is 11.7. The molecule has 0 aliphatic heterocycles.